The number of imidazole rings is 1. The first-order valence-corrected chi connectivity index (χ1v) is 39.7. The van der Waals surface area contributed by atoms with Gasteiger partial charge in [-0.3, -0.25) is 38.4 Å². The van der Waals surface area contributed by atoms with Crippen LogP contribution in [0.2, 0.25) is 0 Å². The summed E-state index contributed by atoms with van der Waals surface area (Å²) in [4.78, 5) is 145. The number of nitrogens with zero attached hydrogens (tertiary/aromatic N) is 5. The number of rotatable bonds is 47. The van der Waals surface area contributed by atoms with Gasteiger partial charge in [-0.05, 0) is 79.4 Å². The number of amides is 9. The monoisotopic (exact) mass is 1730 g/mol. The Kier molecular flexibility index (Phi) is 38.1. The SMILES string of the molecule is Cc1c(N)nc([C@H](CC(N)=O)NC[C@@H](N)C(N)=O)nc1C(=O)N[C@H](C(=O)N[C@H](C)[C@@H](O)CC(=O)N[C@@H](C(=O)NC(O[C@@H]1O[C@@H](C)[C@@H](N)[C@@H](O)[C@H]1O)C(O)c1nc(-c2nc(C(=O)NCCCC(N)CC(=O)NCCCNCCCCN)cs2)cs1)[C@@H](C)O)C(O[C@@H]1O[C@@H](CO)[C@H](O)[C@@H](O)[C@@H]1O[C@H]1O[C@H](CO)[C@@H](O)[C@@H](OC(N)=O)[C@@H]1O)c1cnc[nH]1. The van der Waals surface area contributed by atoms with Gasteiger partial charge in [0.2, 0.25) is 35.4 Å². The summed E-state index contributed by atoms with van der Waals surface area (Å²) >= 11 is 1.84. The maximum absolute atomic E-state index is 15.3. The molecule has 3 aliphatic heterocycles. The number of hydrogen-bond acceptors (Lipinski definition) is 41. The zero-order valence-corrected chi connectivity index (χ0v) is 66.9. The van der Waals surface area contributed by atoms with Crippen molar-refractivity contribution in [2.45, 2.75) is 238 Å². The van der Waals surface area contributed by atoms with E-state index in [0.717, 1.165) is 81.4 Å². The van der Waals surface area contributed by atoms with Crippen molar-refractivity contribution in [1.29, 1.82) is 0 Å². The minimum atomic E-state index is -2.27. The van der Waals surface area contributed by atoms with E-state index in [4.69, 9.17) is 79.0 Å². The second-order valence-electron chi connectivity index (χ2n) is 28.6. The fraction of sp³-hybridized carbons (Fsp3) is 0.676. The smallest absolute Gasteiger partial charge is 0.404 e. The molecule has 3 fully saturated rings. The number of H-pyrrole nitrogens is 1. The van der Waals surface area contributed by atoms with Crippen molar-refractivity contribution in [3.05, 3.63) is 56.8 Å². The first kappa shape index (κ1) is 97.6. The van der Waals surface area contributed by atoms with Gasteiger partial charge in [-0.1, -0.05) is 0 Å². The molecule has 49 nitrogen and oxygen atoms in total. The maximum Gasteiger partial charge on any atom is 0.404 e. The highest BCUT2D eigenvalue weighted by Crippen LogP contribution is 2.36. The third-order valence-corrected chi connectivity index (χ3v) is 21.1. The van der Waals surface area contributed by atoms with Crippen LogP contribution in [-0.2, 0) is 61.9 Å². The lowest BCUT2D eigenvalue weighted by atomic mass is 9.97. The molecule has 51 heteroatoms. The van der Waals surface area contributed by atoms with E-state index in [1.807, 2.05) is 0 Å². The number of aliphatic hydroxyl groups is 11. The van der Waals surface area contributed by atoms with Crippen LogP contribution in [0.1, 0.15) is 133 Å². The van der Waals surface area contributed by atoms with Gasteiger partial charge in [0, 0.05) is 54.8 Å². The fourth-order valence-corrected chi connectivity index (χ4v) is 14.0. The molecular formula is C68H110N22O27S2. The van der Waals surface area contributed by atoms with Gasteiger partial charge in [-0.15, -0.1) is 22.7 Å². The van der Waals surface area contributed by atoms with Crippen LogP contribution in [0, 0.1) is 6.92 Å². The Balaban J connectivity index is 1.11. The van der Waals surface area contributed by atoms with Crippen LogP contribution in [0.15, 0.2) is 23.3 Å². The van der Waals surface area contributed by atoms with Crippen molar-refractivity contribution in [3.63, 3.8) is 0 Å². The minimum Gasteiger partial charge on any atom is -0.441 e. The molecular weight excluding hydrogens is 1620 g/mol. The highest BCUT2D eigenvalue weighted by molar-refractivity contribution is 7.14. The zero-order valence-electron chi connectivity index (χ0n) is 65.3. The number of aliphatic hydroxyl groups excluding tert-OH is 11. The quantitative estimate of drug-likeness (QED) is 0.0144. The number of nitrogens with one attached hydrogen (secondary N) is 9. The number of nitrogens with two attached hydrogens (primary N) is 8. The molecule has 3 saturated heterocycles. The highest BCUT2D eigenvalue weighted by Gasteiger charge is 2.54. The Labute approximate surface area is 687 Å². The number of anilines is 1. The summed E-state index contributed by atoms with van der Waals surface area (Å²) in [5.74, 6) is -8.64. The van der Waals surface area contributed by atoms with Crippen LogP contribution in [0.4, 0.5) is 10.6 Å². The van der Waals surface area contributed by atoms with Crippen LogP contribution in [0.3, 0.4) is 0 Å². The normalized spacial score (nSPS) is 26.0. The van der Waals surface area contributed by atoms with E-state index in [1.165, 1.54) is 24.6 Å². The van der Waals surface area contributed by atoms with Gasteiger partial charge in [-0.25, -0.2) is 29.7 Å². The molecule has 0 saturated carbocycles. The lowest BCUT2D eigenvalue weighted by Crippen LogP contribution is -2.65. The lowest BCUT2D eigenvalue weighted by Gasteiger charge is -2.47. The number of unbranched alkanes of at least 4 members (excludes halogenated alkanes) is 1. The van der Waals surface area contributed by atoms with Gasteiger partial charge >= 0.3 is 6.09 Å². The molecule has 0 aromatic carbocycles. The molecule has 4 aromatic heterocycles. The molecule has 26 atom stereocenters. The molecule has 0 aliphatic carbocycles. The van der Waals surface area contributed by atoms with E-state index in [1.54, 1.807) is 0 Å². The van der Waals surface area contributed by atoms with Gasteiger partial charge in [0.25, 0.3) is 11.8 Å². The average molecular weight is 1730 g/mol. The summed E-state index contributed by atoms with van der Waals surface area (Å²) in [5.41, 5.74) is 45.1. The van der Waals surface area contributed by atoms with Crippen LogP contribution in [0.25, 0.3) is 10.7 Å². The van der Waals surface area contributed by atoms with E-state index in [-0.39, 0.29) is 51.5 Å². The lowest BCUT2D eigenvalue weighted by molar-refractivity contribution is -0.372. The topological polar surface area (TPSA) is 825 Å². The second-order valence-corrected chi connectivity index (χ2v) is 30.3. The molecule has 7 rings (SSSR count). The fourth-order valence-electron chi connectivity index (χ4n) is 12.4. The minimum absolute atomic E-state index is 0.00960. The number of primary amides is 3. The predicted octanol–water partition coefficient (Wildman–Crippen LogP) is -11.3. The van der Waals surface area contributed by atoms with Crippen LogP contribution < -0.4 is 88.4 Å². The van der Waals surface area contributed by atoms with Crippen molar-refractivity contribution in [1.82, 2.24) is 72.4 Å². The number of carbonyl (C=O) groups excluding carboxylic acids is 9. The van der Waals surface area contributed by atoms with Crippen molar-refractivity contribution >= 4 is 81.8 Å². The highest BCUT2D eigenvalue weighted by atomic mass is 32.1. The predicted molar refractivity (Wildman–Crippen MR) is 412 cm³/mol. The molecule has 119 heavy (non-hydrogen) atoms. The number of aromatic amines is 1. The van der Waals surface area contributed by atoms with Crippen molar-refractivity contribution < 1.29 is 132 Å². The molecule has 3 aliphatic rings. The third-order valence-electron chi connectivity index (χ3n) is 19.3. The molecule has 4 unspecified atom stereocenters. The van der Waals surface area contributed by atoms with Gasteiger partial charge in [0.15, 0.2) is 37.3 Å². The zero-order chi connectivity index (χ0) is 87.8. The number of carbonyl (C=O) groups is 9. The van der Waals surface area contributed by atoms with Gasteiger partial charge < -0.3 is 183 Å². The van der Waals surface area contributed by atoms with Gasteiger partial charge in [0.1, 0.15) is 112 Å². The van der Waals surface area contributed by atoms with Crippen molar-refractivity contribution in [2.24, 2.45) is 40.1 Å². The van der Waals surface area contributed by atoms with E-state index < -0.39 is 256 Å². The van der Waals surface area contributed by atoms with Crippen molar-refractivity contribution in [3.8, 4) is 10.7 Å². The first-order chi connectivity index (χ1) is 56.4. The Morgan fingerprint density at radius 3 is 2.02 bits per heavy atom. The second kappa shape index (κ2) is 46.5. The Morgan fingerprint density at radius 1 is 0.681 bits per heavy atom. The molecule has 0 bridgehead atoms. The number of thiazole rings is 2. The standard InChI is InChI=1S/C68H110N22O27S2/c1-25-42(87-57(89-55(25)74)31(16-38(72)95)81-18-30(71)56(75)105)59(107)88-44(52(32-19-78-24-82-32)114-67-54(48(101)45(98)36(20-91)113-67)115-66-50(103)53(116-68(76)110)46(99)37(21-92)112-66)61(109)83-26(2)35(94)17-40(97)86-43(27(3)93)60(108)90-62(117-65-49(102)47(100)41(73)28(4)111-65)51(104)64-85-34(23-119-64)63-84-33(22-118-63)58(106)80-13-7-9-29(70)15-39(96)79-14-8-12-77-11-6-5-10-69/h19,22-24,26-31,35-37,41,43-54,62,65-67,77,81,91-94,98-104H,5-18,20-21,69-71,73H2,1-4H3,(H2,72,95)(H2,75,105)(H2,76,110)(H,78,82)(H,79,96)(H,80,106)(H,83,109)(H,86,97)(H,88,107)(H,90,108)(H2,74,87,89)/t26-,27-,28+,29?,30-,31+,35+,36+,37-,41-,43-,44+,45+,46-,47-,48-,49-,50+,51?,52?,53-,54+,62?,65+,66-,67+/m1/s1. The number of ether oxygens (including phenoxy) is 7. The largest absolute Gasteiger partial charge is 0.441 e. The van der Waals surface area contributed by atoms with Gasteiger partial charge in [0.05, 0.1) is 80.3 Å². The number of aromatic nitrogens is 6. The van der Waals surface area contributed by atoms with E-state index in [2.05, 4.69) is 72.4 Å². The summed E-state index contributed by atoms with van der Waals surface area (Å²) in [6, 6.07) is -10.2. The van der Waals surface area contributed by atoms with Crippen LogP contribution in [-0.4, -0.2) is 333 Å². The van der Waals surface area contributed by atoms with Crippen LogP contribution >= 0.6 is 22.7 Å². The van der Waals surface area contributed by atoms with E-state index >= 15 is 9.59 Å². The van der Waals surface area contributed by atoms with Gasteiger partial charge in [-0.2, -0.15) is 0 Å². The molecule has 9 amide bonds. The number of nitrogen functional groups attached to an aromatic ring is 1. The number of hydrogen-bond donors (Lipinski definition) is 28. The molecule has 0 spiro atoms. The van der Waals surface area contributed by atoms with Crippen LogP contribution in [0.5, 0.6) is 0 Å². The summed E-state index contributed by atoms with van der Waals surface area (Å²) < 4.78 is 40.5. The average Bonchev–Trinajstić information content (AvgIpc) is 1.21. The molecule has 4 aromatic rings. The molecule has 0 radical (unpaired) electrons. The molecule has 7 heterocycles. The summed E-state index contributed by atoms with van der Waals surface area (Å²) in [7, 11) is 0. The van der Waals surface area contributed by atoms with E-state index in [9.17, 15) is 89.7 Å². The third kappa shape index (κ3) is 27.5. The molecule has 36 N–H and O–H groups in total. The Bertz CT molecular complexity index is 3960. The van der Waals surface area contributed by atoms with E-state index in [0.29, 0.717) is 25.9 Å². The molecule has 666 valence electrons. The summed E-state index contributed by atoms with van der Waals surface area (Å²) in [6.45, 7) is 5.33. The Hall–Kier alpha value is -8.54. The summed E-state index contributed by atoms with van der Waals surface area (Å²) in [6.07, 6.45) is -34.5. The summed E-state index contributed by atoms with van der Waals surface area (Å²) in [5, 5.41) is 147. The Morgan fingerprint density at radius 2 is 1.36 bits per heavy atom. The first-order valence-electron chi connectivity index (χ1n) is 37.9. The van der Waals surface area contributed by atoms with Crippen molar-refractivity contribution in [2.75, 3.05) is 58.2 Å². The maximum atomic E-state index is 15.3.